The van der Waals surface area contributed by atoms with E-state index in [0.717, 1.165) is 11.9 Å². The Hall–Kier alpha value is -3.37. The maximum atomic E-state index is 13.9. The molecule has 0 bridgehead atoms. The molecule has 1 aliphatic rings. The standard InChI is InChI=1S/C27H34F2N6O2/c1-18(2)30-5-6-33(3)27(36)20-13-23-26(32-25(16-31-23)35-7-9-37-10-8-35)24(14-20)34(4)17-19-11-21(28)15-22(29)12-19/h11-16,18,30H,5-10,17H2,1-4H3. The fourth-order valence-electron chi connectivity index (χ4n) is 4.35. The number of anilines is 2. The molecule has 1 amide bonds. The highest BCUT2D eigenvalue weighted by Gasteiger charge is 2.20. The SMILES string of the molecule is CC(C)NCCN(C)C(=O)c1cc(N(C)Cc2cc(F)cc(F)c2)c2nc(N3CCOCC3)cnc2c1. The third-order valence-electron chi connectivity index (χ3n) is 6.30. The van der Waals surface area contributed by atoms with Crippen LogP contribution in [0.5, 0.6) is 0 Å². The van der Waals surface area contributed by atoms with Crippen molar-refractivity contribution in [3.05, 3.63) is 59.3 Å². The summed E-state index contributed by atoms with van der Waals surface area (Å²) in [4.78, 5) is 28.5. The Morgan fingerprint density at radius 2 is 1.81 bits per heavy atom. The number of rotatable bonds is 9. The largest absolute Gasteiger partial charge is 0.378 e. The van der Waals surface area contributed by atoms with Crippen molar-refractivity contribution in [1.29, 1.82) is 0 Å². The van der Waals surface area contributed by atoms with Crippen LogP contribution in [0.1, 0.15) is 29.8 Å². The minimum atomic E-state index is -0.636. The summed E-state index contributed by atoms with van der Waals surface area (Å²) in [5.41, 5.74) is 2.79. The number of carbonyl (C=O) groups excluding carboxylic acids is 1. The van der Waals surface area contributed by atoms with Crippen LogP contribution in [0.2, 0.25) is 0 Å². The molecule has 0 saturated carbocycles. The lowest BCUT2D eigenvalue weighted by Gasteiger charge is -2.28. The number of amides is 1. The Kier molecular flexibility index (Phi) is 8.50. The lowest BCUT2D eigenvalue weighted by molar-refractivity contribution is 0.0795. The second-order valence-electron chi connectivity index (χ2n) is 9.66. The van der Waals surface area contributed by atoms with E-state index in [4.69, 9.17) is 9.72 Å². The molecular formula is C27H34F2N6O2. The van der Waals surface area contributed by atoms with Crippen molar-refractivity contribution in [2.75, 3.05) is 63.3 Å². The molecule has 1 aromatic heterocycles. The number of fused-ring (bicyclic) bond motifs is 1. The number of ether oxygens (including phenoxy) is 1. The number of halogens is 2. The summed E-state index contributed by atoms with van der Waals surface area (Å²) in [5, 5.41) is 3.32. The van der Waals surface area contributed by atoms with Crippen LogP contribution in [0.25, 0.3) is 11.0 Å². The first-order valence-corrected chi connectivity index (χ1v) is 12.5. The minimum Gasteiger partial charge on any atom is -0.378 e. The predicted octanol–water partition coefficient (Wildman–Crippen LogP) is 3.45. The molecule has 1 aliphatic heterocycles. The summed E-state index contributed by atoms with van der Waals surface area (Å²) in [5.74, 6) is -0.692. The Balaban J connectivity index is 1.70. The number of morpholine rings is 1. The molecule has 0 spiro atoms. The van der Waals surface area contributed by atoms with E-state index in [0.29, 0.717) is 73.3 Å². The molecule has 0 unspecified atom stereocenters. The molecule has 1 N–H and O–H groups in total. The first-order chi connectivity index (χ1) is 17.7. The molecule has 4 rings (SSSR count). The van der Waals surface area contributed by atoms with Crippen molar-refractivity contribution in [2.45, 2.75) is 26.4 Å². The maximum absolute atomic E-state index is 13.9. The summed E-state index contributed by atoms with van der Waals surface area (Å²) in [6, 6.07) is 7.31. The number of carbonyl (C=O) groups is 1. The van der Waals surface area contributed by atoms with E-state index in [1.54, 1.807) is 30.3 Å². The Morgan fingerprint density at radius 1 is 1.11 bits per heavy atom. The molecule has 37 heavy (non-hydrogen) atoms. The number of benzene rings is 2. The number of nitrogens with zero attached hydrogens (tertiary/aromatic N) is 5. The first-order valence-electron chi connectivity index (χ1n) is 12.5. The van der Waals surface area contributed by atoms with Crippen molar-refractivity contribution in [3.63, 3.8) is 0 Å². The number of aromatic nitrogens is 2. The molecule has 0 aliphatic carbocycles. The molecule has 2 aromatic carbocycles. The van der Waals surface area contributed by atoms with Gasteiger partial charge in [-0.05, 0) is 29.8 Å². The van der Waals surface area contributed by atoms with Crippen LogP contribution in [0.3, 0.4) is 0 Å². The van der Waals surface area contributed by atoms with Gasteiger partial charge in [0.2, 0.25) is 0 Å². The van der Waals surface area contributed by atoms with Gasteiger partial charge in [0.1, 0.15) is 23.0 Å². The zero-order chi connectivity index (χ0) is 26.5. The van der Waals surface area contributed by atoms with Gasteiger partial charge in [-0.3, -0.25) is 9.78 Å². The van der Waals surface area contributed by atoms with Gasteiger partial charge in [0.05, 0.1) is 30.6 Å². The fraction of sp³-hybridized carbons (Fsp3) is 0.444. The van der Waals surface area contributed by atoms with Crippen LogP contribution < -0.4 is 15.1 Å². The van der Waals surface area contributed by atoms with Gasteiger partial charge in [-0.25, -0.2) is 13.8 Å². The van der Waals surface area contributed by atoms with Crippen LogP contribution >= 0.6 is 0 Å². The van der Waals surface area contributed by atoms with E-state index in [1.165, 1.54) is 12.1 Å². The van der Waals surface area contributed by atoms with Crippen molar-refractivity contribution < 1.29 is 18.3 Å². The monoisotopic (exact) mass is 512 g/mol. The zero-order valence-corrected chi connectivity index (χ0v) is 21.8. The number of nitrogens with one attached hydrogen (secondary N) is 1. The Labute approximate surface area is 216 Å². The van der Waals surface area contributed by atoms with Crippen molar-refractivity contribution in [2.24, 2.45) is 0 Å². The van der Waals surface area contributed by atoms with Gasteiger partial charge in [0, 0.05) is 64.5 Å². The van der Waals surface area contributed by atoms with Gasteiger partial charge in [-0.2, -0.15) is 0 Å². The zero-order valence-electron chi connectivity index (χ0n) is 21.8. The third kappa shape index (κ3) is 6.69. The van der Waals surface area contributed by atoms with Crippen LogP contribution in [0.4, 0.5) is 20.3 Å². The second kappa shape index (κ2) is 11.8. The normalized spacial score (nSPS) is 13.9. The third-order valence-corrected chi connectivity index (χ3v) is 6.30. The van der Waals surface area contributed by atoms with E-state index in [2.05, 4.69) is 29.0 Å². The number of likely N-dealkylation sites (N-methyl/N-ethyl adjacent to an activating group) is 1. The van der Waals surface area contributed by atoms with Crippen molar-refractivity contribution in [1.82, 2.24) is 20.2 Å². The Morgan fingerprint density at radius 3 is 2.49 bits per heavy atom. The molecule has 0 atom stereocenters. The van der Waals surface area contributed by atoms with E-state index >= 15 is 0 Å². The summed E-state index contributed by atoms with van der Waals surface area (Å²) < 4.78 is 33.2. The summed E-state index contributed by atoms with van der Waals surface area (Å²) >= 11 is 0. The van der Waals surface area contributed by atoms with Gasteiger partial charge in [0.15, 0.2) is 0 Å². The summed E-state index contributed by atoms with van der Waals surface area (Å²) in [6.07, 6.45) is 1.71. The highest BCUT2D eigenvalue weighted by molar-refractivity contribution is 6.01. The van der Waals surface area contributed by atoms with E-state index in [9.17, 15) is 13.6 Å². The van der Waals surface area contributed by atoms with Crippen LogP contribution in [-0.2, 0) is 11.3 Å². The summed E-state index contributed by atoms with van der Waals surface area (Å²) in [7, 11) is 3.58. The van der Waals surface area contributed by atoms with Gasteiger partial charge in [-0.1, -0.05) is 13.8 Å². The number of hydrogen-bond donors (Lipinski definition) is 1. The highest BCUT2D eigenvalue weighted by atomic mass is 19.1. The molecular weight excluding hydrogens is 478 g/mol. The lowest BCUT2D eigenvalue weighted by Crippen LogP contribution is -2.37. The average Bonchev–Trinajstić information content (AvgIpc) is 2.86. The molecule has 1 fully saturated rings. The van der Waals surface area contributed by atoms with Gasteiger partial charge < -0.3 is 24.8 Å². The quantitative estimate of drug-likeness (QED) is 0.471. The summed E-state index contributed by atoms with van der Waals surface area (Å²) in [6.45, 7) is 8.20. The van der Waals surface area contributed by atoms with Gasteiger partial charge in [0.25, 0.3) is 5.91 Å². The average molecular weight is 513 g/mol. The highest BCUT2D eigenvalue weighted by Crippen LogP contribution is 2.29. The van der Waals surface area contributed by atoms with Crippen molar-refractivity contribution >= 4 is 28.4 Å². The predicted molar refractivity (Wildman–Crippen MR) is 141 cm³/mol. The molecule has 1 saturated heterocycles. The Bertz CT molecular complexity index is 1230. The first kappa shape index (κ1) is 26.7. The van der Waals surface area contributed by atoms with E-state index in [-0.39, 0.29) is 12.5 Å². The number of hydrogen-bond acceptors (Lipinski definition) is 7. The van der Waals surface area contributed by atoms with Gasteiger partial charge in [-0.15, -0.1) is 0 Å². The van der Waals surface area contributed by atoms with Crippen molar-refractivity contribution in [3.8, 4) is 0 Å². The topological polar surface area (TPSA) is 73.8 Å². The molecule has 0 radical (unpaired) electrons. The molecule has 198 valence electrons. The fourth-order valence-corrected chi connectivity index (χ4v) is 4.35. The smallest absolute Gasteiger partial charge is 0.253 e. The van der Waals surface area contributed by atoms with E-state index in [1.807, 2.05) is 11.9 Å². The van der Waals surface area contributed by atoms with Crippen LogP contribution in [0, 0.1) is 11.6 Å². The lowest BCUT2D eigenvalue weighted by atomic mass is 10.1. The minimum absolute atomic E-state index is 0.141. The molecule has 2 heterocycles. The molecule has 3 aromatic rings. The van der Waals surface area contributed by atoms with E-state index < -0.39 is 11.6 Å². The molecule has 8 nitrogen and oxygen atoms in total. The van der Waals surface area contributed by atoms with Crippen LogP contribution in [0.15, 0.2) is 36.5 Å². The van der Waals surface area contributed by atoms with Crippen LogP contribution in [-0.4, -0.2) is 80.3 Å². The van der Waals surface area contributed by atoms with Gasteiger partial charge >= 0.3 is 0 Å². The maximum Gasteiger partial charge on any atom is 0.253 e. The molecule has 10 heteroatoms. The second-order valence-corrected chi connectivity index (χ2v) is 9.66.